The Morgan fingerprint density at radius 1 is 1.44 bits per heavy atom. The molecule has 1 amide bonds. The van der Waals surface area contributed by atoms with E-state index in [1.165, 1.54) is 0 Å². The Hall–Kier alpha value is -0.870. The number of carbonyl (C=O) groups is 1. The molecule has 0 N–H and O–H groups in total. The standard InChI is InChI=1S/C12H22N2O2/c1-4-14(9-11(2)3)12(15)10-13-5-7-16-8-6-13/h2,4-10H2,1,3H3. The van der Waals surface area contributed by atoms with Gasteiger partial charge in [0.1, 0.15) is 0 Å². The van der Waals surface area contributed by atoms with Gasteiger partial charge in [-0.15, -0.1) is 0 Å². The first-order valence-electron chi connectivity index (χ1n) is 5.85. The van der Waals surface area contributed by atoms with Crippen LogP contribution in [-0.2, 0) is 9.53 Å². The van der Waals surface area contributed by atoms with E-state index in [-0.39, 0.29) is 5.91 Å². The second-order valence-electron chi connectivity index (χ2n) is 4.25. The predicted molar refractivity (Wildman–Crippen MR) is 64.3 cm³/mol. The first-order valence-corrected chi connectivity index (χ1v) is 5.85. The Morgan fingerprint density at radius 2 is 2.06 bits per heavy atom. The van der Waals surface area contributed by atoms with Crippen LogP contribution in [0.25, 0.3) is 0 Å². The topological polar surface area (TPSA) is 32.8 Å². The first kappa shape index (κ1) is 13.2. The summed E-state index contributed by atoms with van der Waals surface area (Å²) >= 11 is 0. The quantitative estimate of drug-likeness (QED) is 0.648. The monoisotopic (exact) mass is 226 g/mol. The SMILES string of the molecule is C=C(C)CN(CC)C(=O)CN1CCOCC1. The predicted octanol–water partition coefficient (Wildman–Crippen LogP) is 0.743. The third-order valence-corrected chi connectivity index (χ3v) is 2.66. The molecule has 1 aliphatic heterocycles. The minimum Gasteiger partial charge on any atom is -0.379 e. The maximum atomic E-state index is 12.0. The van der Waals surface area contributed by atoms with Crippen LogP contribution >= 0.6 is 0 Å². The molecule has 0 unspecified atom stereocenters. The Kier molecular flexibility index (Phi) is 5.49. The zero-order chi connectivity index (χ0) is 12.0. The van der Waals surface area contributed by atoms with Crippen LogP contribution in [0.1, 0.15) is 13.8 Å². The van der Waals surface area contributed by atoms with Gasteiger partial charge in [0.15, 0.2) is 0 Å². The number of amides is 1. The molecule has 1 aliphatic rings. The van der Waals surface area contributed by atoms with E-state index in [1.807, 2.05) is 18.7 Å². The highest BCUT2D eigenvalue weighted by Crippen LogP contribution is 2.01. The average Bonchev–Trinajstić information content (AvgIpc) is 2.26. The van der Waals surface area contributed by atoms with Gasteiger partial charge >= 0.3 is 0 Å². The second-order valence-corrected chi connectivity index (χ2v) is 4.25. The maximum absolute atomic E-state index is 12.0. The van der Waals surface area contributed by atoms with Crippen LogP contribution in [0, 0.1) is 0 Å². The lowest BCUT2D eigenvalue weighted by atomic mass is 10.3. The van der Waals surface area contributed by atoms with Gasteiger partial charge in [-0.25, -0.2) is 0 Å². The van der Waals surface area contributed by atoms with E-state index in [1.54, 1.807) is 0 Å². The van der Waals surface area contributed by atoms with Gasteiger partial charge in [0.2, 0.25) is 5.91 Å². The summed E-state index contributed by atoms with van der Waals surface area (Å²) in [5.74, 6) is 0.187. The van der Waals surface area contributed by atoms with Crippen LogP contribution in [0.5, 0.6) is 0 Å². The van der Waals surface area contributed by atoms with E-state index in [0.29, 0.717) is 13.1 Å². The molecule has 4 nitrogen and oxygen atoms in total. The fourth-order valence-electron chi connectivity index (χ4n) is 1.75. The fraction of sp³-hybridized carbons (Fsp3) is 0.750. The molecule has 16 heavy (non-hydrogen) atoms. The van der Waals surface area contributed by atoms with Gasteiger partial charge in [0.05, 0.1) is 19.8 Å². The van der Waals surface area contributed by atoms with Crippen LogP contribution < -0.4 is 0 Å². The molecule has 1 saturated heterocycles. The fourth-order valence-corrected chi connectivity index (χ4v) is 1.75. The van der Waals surface area contributed by atoms with Crippen molar-refractivity contribution in [2.24, 2.45) is 0 Å². The molecule has 1 rings (SSSR count). The zero-order valence-electron chi connectivity index (χ0n) is 10.4. The number of rotatable bonds is 5. The number of carbonyl (C=O) groups excluding carboxylic acids is 1. The third kappa shape index (κ3) is 4.33. The number of morpholine rings is 1. The third-order valence-electron chi connectivity index (χ3n) is 2.66. The molecule has 0 bridgehead atoms. The highest BCUT2D eigenvalue weighted by atomic mass is 16.5. The molecule has 0 aliphatic carbocycles. The van der Waals surface area contributed by atoms with E-state index in [4.69, 9.17) is 4.74 Å². The van der Waals surface area contributed by atoms with E-state index in [0.717, 1.165) is 38.4 Å². The normalized spacial score (nSPS) is 17.1. The van der Waals surface area contributed by atoms with Crippen LogP contribution in [0.4, 0.5) is 0 Å². The Morgan fingerprint density at radius 3 is 2.56 bits per heavy atom. The molecule has 4 heteroatoms. The van der Waals surface area contributed by atoms with Crippen molar-refractivity contribution in [3.05, 3.63) is 12.2 Å². The molecule has 1 heterocycles. The van der Waals surface area contributed by atoms with Gasteiger partial charge in [-0.05, 0) is 13.8 Å². The minimum absolute atomic E-state index is 0.187. The number of hydrogen-bond donors (Lipinski definition) is 0. The van der Waals surface area contributed by atoms with Gasteiger partial charge in [0.25, 0.3) is 0 Å². The lowest BCUT2D eigenvalue weighted by Gasteiger charge is -2.29. The molecule has 0 atom stereocenters. The zero-order valence-corrected chi connectivity index (χ0v) is 10.4. The van der Waals surface area contributed by atoms with Crippen LogP contribution in [-0.4, -0.2) is 61.6 Å². The molecule has 0 aromatic heterocycles. The van der Waals surface area contributed by atoms with E-state index < -0.39 is 0 Å². The summed E-state index contributed by atoms with van der Waals surface area (Å²) in [6, 6.07) is 0. The van der Waals surface area contributed by atoms with Gasteiger partial charge in [0, 0.05) is 26.2 Å². The smallest absolute Gasteiger partial charge is 0.237 e. The van der Waals surface area contributed by atoms with Crippen LogP contribution in [0.3, 0.4) is 0 Å². The number of nitrogens with zero attached hydrogens (tertiary/aromatic N) is 2. The summed E-state index contributed by atoms with van der Waals surface area (Å²) < 4.78 is 5.25. The molecule has 0 spiro atoms. The van der Waals surface area contributed by atoms with Crippen molar-refractivity contribution in [1.82, 2.24) is 9.80 Å². The molecule has 0 radical (unpaired) electrons. The Balaban J connectivity index is 2.38. The second kappa shape index (κ2) is 6.66. The van der Waals surface area contributed by atoms with Gasteiger partial charge in [-0.3, -0.25) is 9.69 Å². The van der Waals surface area contributed by atoms with Crippen molar-refractivity contribution in [2.75, 3.05) is 45.9 Å². The number of hydrogen-bond acceptors (Lipinski definition) is 3. The molecule has 0 aromatic carbocycles. The van der Waals surface area contributed by atoms with Gasteiger partial charge < -0.3 is 9.64 Å². The molecule has 1 fully saturated rings. The summed E-state index contributed by atoms with van der Waals surface area (Å²) in [6.07, 6.45) is 0. The summed E-state index contributed by atoms with van der Waals surface area (Å²) in [7, 11) is 0. The number of likely N-dealkylation sites (N-methyl/N-ethyl adjacent to an activating group) is 1. The highest BCUT2D eigenvalue weighted by Gasteiger charge is 2.17. The lowest BCUT2D eigenvalue weighted by molar-refractivity contribution is -0.132. The largest absolute Gasteiger partial charge is 0.379 e. The highest BCUT2D eigenvalue weighted by molar-refractivity contribution is 5.78. The van der Waals surface area contributed by atoms with Crippen LogP contribution in [0.15, 0.2) is 12.2 Å². The average molecular weight is 226 g/mol. The van der Waals surface area contributed by atoms with E-state index in [2.05, 4.69) is 11.5 Å². The molecular formula is C12H22N2O2. The minimum atomic E-state index is 0.187. The van der Waals surface area contributed by atoms with Crippen molar-refractivity contribution in [1.29, 1.82) is 0 Å². The summed E-state index contributed by atoms with van der Waals surface area (Å²) in [5.41, 5.74) is 1.03. The lowest BCUT2D eigenvalue weighted by Crippen LogP contribution is -2.45. The number of ether oxygens (including phenoxy) is 1. The van der Waals surface area contributed by atoms with E-state index in [9.17, 15) is 4.79 Å². The van der Waals surface area contributed by atoms with Crippen molar-refractivity contribution in [3.8, 4) is 0 Å². The summed E-state index contributed by atoms with van der Waals surface area (Å²) in [6.45, 7) is 12.9. The summed E-state index contributed by atoms with van der Waals surface area (Å²) in [5, 5.41) is 0. The van der Waals surface area contributed by atoms with Crippen molar-refractivity contribution >= 4 is 5.91 Å². The van der Waals surface area contributed by atoms with Gasteiger partial charge in [-0.1, -0.05) is 12.2 Å². The van der Waals surface area contributed by atoms with Crippen molar-refractivity contribution in [3.63, 3.8) is 0 Å². The molecule has 0 saturated carbocycles. The maximum Gasteiger partial charge on any atom is 0.237 e. The first-order chi connectivity index (χ1) is 7.63. The van der Waals surface area contributed by atoms with Crippen molar-refractivity contribution < 1.29 is 9.53 Å². The molecular weight excluding hydrogens is 204 g/mol. The molecule has 0 aromatic rings. The summed E-state index contributed by atoms with van der Waals surface area (Å²) in [4.78, 5) is 16.0. The Bertz CT molecular complexity index is 247. The van der Waals surface area contributed by atoms with E-state index >= 15 is 0 Å². The Labute approximate surface area is 97.9 Å². The molecule has 92 valence electrons. The van der Waals surface area contributed by atoms with Crippen molar-refractivity contribution in [2.45, 2.75) is 13.8 Å². The van der Waals surface area contributed by atoms with Gasteiger partial charge in [-0.2, -0.15) is 0 Å². The van der Waals surface area contributed by atoms with Crippen LogP contribution in [0.2, 0.25) is 0 Å².